The molecular weight excluding hydrogens is 758 g/mol. The molecule has 4 heterocycles. The van der Waals surface area contributed by atoms with Gasteiger partial charge in [0.05, 0.1) is 45.8 Å². The molecule has 2 aliphatic carbocycles. The standard InChI is InChI=1S/C41H34ClN5O8S/c1-19-26-15-21(42)9-13-32(26)56-36(19)29-18-33(44(3)43-29)46-38(50)28-17-27-24(35(41(28,2)40(46)52)20-8-12-31(55-4)30(48)14-20)10-11-25-34(27)39(51)45(37(25)49)22-6-5-7-23(16-22)47(53)54/h5-10,12-16,18,25,27-28,34-35,48H,11,17H2,1-4H3/t25-,27+,28-,34-,35-,41+/m0/s1. The number of aromatic hydroxyl groups is 1. The minimum atomic E-state index is -1.37. The predicted molar refractivity (Wildman–Crippen MR) is 209 cm³/mol. The first-order valence-electron chi connectivity index (χ1n) is 18.0. The van der Waals surface area contributed by atoms with Gasteiger partial charge in [0.1, 0.15) is 11.5 Å². The Bertz CT molecular complexity index is 2630. The average molecular weight is 792 g/mol. The van der Waals surface area contributed by atoms with Gasteiger partial charge in [-0.15, -0.1) is 11.3 Å². The molecule has 3 fully saturated rings. The Morgan fingerprint density at radius 3 is 2.52 bits per heavy atom. The number of ether oxygens (including phenoxy) is 1. The summed E-state index contributed by atoms with van der Waals surface area (Å²) in [6.07, 6.45) is 2.19. The lowest BCUT2D eigenvalue weighted by Gasteiger charge is -2.49. The van der Waals surface area contributed by atoms with Crippen molar-refractivity contribution >= 4 is 73.8 Å². The molecule has 2 aromatic heterocycles. The highest BCUT2D eigenvalue weighted by atomic mass is 35.5. The van der Waals surface area contributed by atoms with Gasteiger partial charge < -0.3 is 9.84 Å². The van der Waals surface area contributed by atoms with Crippen molar-refractivity contribution < 1.29 is 33.9 Å². The van der Waals surface area contributed by atoms with E-state index in [1.807, 2.05) is 31.2 Å². The number of allylic oxidation sites excluding steroid dienone is 2. The molecule has 1 saturated carbocycles. The van der Waals surface area contributed by atoms with Gasteiger partial charge in [0, 0.05) is 40.9 Å². The number of rotatable bonds is 6. The number of thiophene rings is 1. The van der Waals surface area contributed by atoms with E-state index in [0.29, 0.717) is 16.3 Å². The Morgan fingerprint density at radius 1 is 1.00 bits per heavy atom. The van der Waals surface area contributed by atoms with E-state index < -0.39 is 63.6 Å². The maximum Gasteiger partial charge on any atom is 0.271 e. The van der Waals surface area contributed by atoms with E-state index in [0.717, 1.165) is 31.0 Å². The summed E-state index contributed by atoms with van der Waals surface area (Å²) >= 11 is 7.84. The highest BCUT2D eigenvalue weighted by Gasteiger charge is 2.68. The van der Waals surface area contributed by atoms with Crippen molar-refractivity contribution in [2.24, 2.45) is 36.1 Å². The SMILES string of the molecule is COc1ccc([C@H]2C3=CC[C@@H]4C(=O)N(c5cccc([N+](=O)[O-])c5)C(=O)[C@@H]4[C@@H]3C[C@H]3C(=O)N(c4cc(-c5sc6ccc(Cl)cc6c5C)nn4C)C(=O)[C@@]23C)cc1O. The van der Waals surface area contributed by atoms with Crippen LogP contribution >= 0.6 is 22.9 Å². The van der Waals surface area contributed by atoms with E-state index in [-0.39, 0.29) is 41.5 Å². The number of hydrogen-bond acceptors (Lipinski definition) is 10. The molecule has 0 spiro atoms. The first-order chi connectivity index (χ1) is 26.7. The minimum Gasteiger partial charge on any atom is -0.504 e. The van der Waals surface area contributed by atoms with Gasteiger partial charge in [-0.2, -0.15) is 5.10 Å². The summed E-state index contributed by atoms with van der Waals surface area (Å²) < 4.78 is 7.87. The van der Waals surface area contributed by atoms with Gasteiger partial charge >= 0.3 is 0 Å². The summed E-state index contributed by atoms with van der Waals surface area (Å²) in [6.45, 7) is 3.74. The van der Waals surface area contributed by atoms with Gasteiger partial charge in [0.15, 0.2) is 11.5 Å². The second-order valence-electron chi connectivity index (χ2n) is 15.1. The fourth-order valence-corrected chi connectivity index (χ4v) is 11.0. The number of methoxy groups -OCH3 is 1. The monoisotopic (exact) mass is 791 g/mol. The van der Waals surface area contributed by atoms with Crippen LogP contribution in [-0.2, 0) is 26.2 Å². The van der Waals surface area contributed by atoms with E-state index >= 15 is 4.79 Å². The lowest BCUT2D eigenvalue weighted by molar-refractivity contribution is -0.384. The predicted octanol–water partition coefficient (Wildman–Crippen LogP) is 7.32. The van der Waals surface area contributed by atoms with Crippen molar-refractivity contribution in [2.45, 2.75) is 32.6 Å². The van der Waals surface area contributed by atoms with Crippen LogP contribution in [0.5, 0.6) is 11.5 Å². The third-order valence-electron chi connectivity index (χ3n) is 12.3. The van der Waals surface area contributed by atoms with Gasteiger partial charge in [-0.3, -0.25) is 34.0 Å². The lowest BCUT2D eigenvalue weighted by Crippen LogP contribution is -2.48. The number of phenols is 1. The maximum absolute atomic E-state index is 15.1. The van der Waals surface area contributed by atoms with Crippen molar-refractivity contribution in [1.29, 1.82) is 0 Å². The lowest BCUT2D eigenvalue weighted by atomic mass is 9.51. The van der Waals surface area contributed by atoms with Crippen LogP contribution in [0.1, 0.15) is 36.8 Å². The number of phenolic OH excluding ortho intramolecular Hbond substituents is 1. The highest BCUT2D eigenvalue weighted by molar-refractivity contribution is 7.22. The second kappa shape index (κ2) is 12.6. The summed E-state index contributed by atoms with van der Waals surface area (Å²) in [5.74, 6) is -5.52. The van der Waals surface area contributed by atoms with Crippen LogP contribution < -0.4 is 14.5 Å². The topological polar surface area (TPSA) is 165 Å². The van der Waals surface area contributed by atoms with E-state index in [2.05, 4.69) is 0 Å². The van der Waals surface area contributed by atoms with Crippen molar-refractivity contribution in [3.05, 3.63) is 105 Å². The Morgan fingerprint density at radius 2 is 1.79 bits per heavy atom. The van der Waals surface area contributed by atoms with Gasteiger partial charge in [-0.25, -0.2) is 9.80 Å². The number of hydrogen-bond donors (Lipinski definition) is 1. The average Bonchev–Trinajstić information content (AvgIpc) is 3.84. The molecule has 0 radical (unpaired) electrons. The quantitative estimate of drug-likeness (QED) is 0.0803. The zero-order valence-electron chi connectivity index (χ0n) is 30.6. The molecule has 6 atom stereocenters. The number of halogens is 1. The zero-order chi connectivity index (χ0) is 39.5. The van der Waals surface area contributed by atoms with Crippen LogP contribution in [0.3, 0.4) is 0 Å². The van der Waals surface area contributed by atoms with Crippen LogP contribution in [0.2, 0.25) is 5.02 Å². The number of nitro groups is 1. The molecule has 4 amide bonds. The normalized spacial score (nSPS) is 25.7. The Balaban J connectivity index is 1.15. The highest BCUT2D eigenvalue weighted by Crippen LogP contribution is 2.64. The van der Waals surface area contributed by atoms with Crippen LogP contribution in [0, 0.1) is 46.1 Å². The first kappa shape index (κ1) is 35.8. The van der Waals surface area contributed by atoms with Crippen LogP contribution in [0.15, 0.2) is 78.4 Å². The molecule has 56 heavy (non-hydrogen) atoms. The van der Waals surface area contributed by atoms with Crippen molar-refractivity contribution in [1.82, 2.24) is 9.78 Å². The Hall–Kier alpha value is -5.86. The molecule has 3 aromatic carbocycles. The van der Waals surface area contributed by atoms with E-state index in [9.17, 15) is 29.6 Å². The van der Waals surface area contributed by atoms with Gasteiger partial charge in [-0.1, -0.05) is 35.4 Å². The zero-order valence-corrected chi connectivity index (χ0v) is 32.1. The number of benzene rings is 3. The minimum absolute atomic E-state index is 0.102. The summed E-state index contributed by atoms with van der Waals surface area (Å²) in [7, 11) is 3.11. The number of aromatic nitrogens is 2. The summed E-state index contributed by atoms with van der Waals surface area (Å²) in [6, 6.07) is 17.7. The number of carbonyl (C=O) groups excluding carboxylic acids is 4. The molecular formula is C41H34ClN5O8S. The molecule has 9 rings (SSSR count). The molecule has 15 heteroatoms. The van der Waals surface area contributed by atoms with Crippen molar-refractivity contribution in [3.8, 4) is 22.1 Å². The van der Waals surface area contributed by atoms with Gasteiger partial charge in [0.2, 0.25) is 23.6 Å². The molecule has 4 aliphatic rings. The van der Waals surface area contributed by atoms with Gasteiger partial charge in [-0.05, 0) is 85.5 Å². The largest absolute Gasteiger partial charge is 0.504 e. The molecule has 284 valence electrons. The molecule has 2 aliphatic heterocycles. The Kier molecular flexibility index (Phi) is 8.05. The van der Waals surface area contributed by atoms with E-state index in [1.165, 1.54) is 58.4 Å². The number of non-ortho nitro benzene ring substituents is 1. The maximum atomic E-state index is 15.1. The Labute approximate surface area is 328 Å². The number of carbonyl (C=O) groups is 4. The number of nitro benzene ring substituents is 1. The van der Waals surface area contributed by atoms with E-state index in [1.54, 1.807) is 32.2 Å². The summed E-state index contributed by atoms with van der Waals surface area (Å²) in [5, 5.41) is 29.0. The number of amides is 4. The van der Waals surface area contributed by atoms with Crippen molar-refractivity contribution in [3.63, 3.8) is 0 Å². The number of nitrogens with zero attached hydrogens (tertiary/aromatic N) is 5. The van der Waals surface area contributed by atoms with Crippen LogP contribution in [0.25, 0.3) is 20.7 Å². The fourth-order valence-electron chi connectivity index (χ4n) is 9.72. The molecule has 2 saturated heterocycles. The third kappa shape index (κ3) is 4.94. The third-order valence-corrected chi connectivity index (χ3v) is 13.9. The number of imide groups is 2. The molecule has 1 N–H and O–H groups in total. The van der Waals surface area contributed by atoms with Crippen LogP contribution in [-0.4, -0.2) is 50.5 Å². The fraction of sp³-hybridized carbons (Fsp3) is 0.293. The summed E-state index contributed by atoms with van der Waals surface area (Å²) in [5.41, 5.74) is 1.31. The molecule has 0 bridgehead atoms. The smallest absolute Gasteiger partial charge is 0.271 e. The van der Waals surface area contributed by atoms with E-state index in [4.69, 9.17) is 21.4 Å². The van der Waals surface area contributed by atoms with Crippen molar-refractivity contribution in [2.75, 3.05) is 16.9 Å². The van der Waals surface area contributed by atoms with Gasteiger partial charge in [0.25, 0.3) is 5.69 Å². The second-order valence-corrected chi connectivity index (χ2v) is 16.6. The molecule has 5 aromatic rings. The van der Waals surface area contributed by atoms with Crippen LogP contribution in [0.4, 0.5) is 17.2 Å². The molecule has 0 unspecified atom stereocenters. The number of anilines is 2. The first-order valence-corrected chi connectivity index (χ1v) is 19.2. The molecule has 13 nitrogen and oxygen atoms in total. The summed E-state index contributed by atoms with van der Waals surface area (Å²) in [4.78, 5) is 72.5. The number of fused-ring (bicyclic) bond motifs is 5. The number of aryl methyl sites for hydroxylation is 2.